The van der Waals surface area contributed by atoms with Gasteiger partial charge in [-0.1, -0.05) is 64.2 Å². The highest BCUT2D eigenvalue weighted by atomic mass is 16.5. The summed E-state index contributed by atoms with van der Waals surface area (Å²) < 4.78 is 4.85. The minimum Gasteiger partial charge on any atom is -0.469 e. The molecule has 0 spiro atoms. The third-order valence-corrected chi connectivity index (χ3v) is 4.52. The van der Waals surface area contributed by atoms with E-state index in [-0.39, 0.29) is 17.7 Å². The van der Waals surface area contributed by atoms with E-state index in [1.807, 2.05) is 0 Å². The van der Waals surface area contributed by atoms with Crippen molar-refractivity contribution < 1.29 is 14.3 Å². The highest BCUT2D eigenvalue weighted by Gasteiger charge is 2.21. The SMILES string of the molecule is COC(=O)C1CCCCCCCCCCCCCC(=O)C1. The number of ether oxygens (including phenoxy) is 1. The molecule has 0 radical (unpaired) electrons. The summed E-state index contributed by atoms with van der Waals surface area (Å²) in [6, 6.07) is 0. The first-order chi connectivity index (χ1) is 10.2. The molecule has 0 aromatic carbocycles. The summed E-state index contributed by atoms with van der Waals surface area (Å²) in [5, 5.41) is 0. The zero-order valence-electron chi connectivity index (χ0n) is 13.7. The number of esters is 1. The lowest BCUT2D eigenvalue weighted by Gasteiger charge is -2.14. The van der Waals surface area contributed by atoms with Gasteiger partial charge in [-0.3, -0.25) is 9.59 Å². The Balaban J connectivity index is 2.43. The molecule has 1 saturated carbocycles. The Bertz CT molecular complexity index is 299. The van der Waals surface area contributed by atoms with Crippen molar-refractivity contribution in [3.8, 4) is 0 Å². The Morgan fingerprint density at radius 1 is 0.857 bits per heavy atom. The average molecular weight is 296 g/mol. The third-order valence-electron chi connectivity index (χ3n) is 4.52. The van der Waals surface area contributed by atoms with Gasteiger partial charge in [0.1, 0.15) is 5.78 Å². The van der Waals surface area contributed by atoms with E-state index in [2.05, 4.69) is 0 Å². The van der Waals surface area contributed by atoms with Crippen LogP contribution >= 0.6 is 0 Å². The number of ketones is 1. The van der Waals surface area contributed by atoms with Gasteiger partial charge in [-0.05, 0) is 12.8 Å². The topological polar surface area (TPSA) is 43.4 Å². The molecule has 3 nitrogen and oxygen atoms in total. The number of hydrogen-bond donors (Lipinski definition) is 0. The van der Waals surface area contributed by atoms with Gasteiger partial charge < -0.3 is 4.74 Å². The van der Waals surface area contributed by atoms with Crippen LogP contribution in [0.5, 0.6) is 0 Å². The molecule has 0 amide bonds. The van der Waals surface area contributed by atoms with Gasteiger partial charge in [0.2, 0.25) is 0 Å². The van der Waals surface area contributed by atoms with E-state index in [9.17, 15) is 9.59 Å². The fourth-order valence-corrected chi connectivity index (χ4v) is 3.15. The highest BCUT2D eigenvalue weighted by Crippen LogP contribution is 2.20. The molecular formula is C18H32O3. The summed E-state index contributed by atoms with van der Waals surface area (Å²) in [4.78, 5) is 23.8. The van der Waals surface area contributed by atoms with Crippen molar-refractivity contribution in [2.24, 2.45) is 5.92 Å². The van der Waals surface area contributed by atoms with Crippen LogP contribution in [0.4, 0.5) is 0 Å². The van der Waals surface area contributed by atoms with Crippen molar-refractivity contribution in [3.63, 3.8) is 0 Å². The van der Waals surface area contributed by atoms with E-state index in [0.29, 0.717) is 12.8 Å². The first kappa shape index (κ1) is 18.2. The molecule has 0 aliphatic heterocycles. The maximum atomic E-state index is 12.0. The summed E-state index contributed by atoms with van der Waals surface area (Å²) in [6.07, 6.45) is 15.3. The number of Topliss-reactive ketones (excluding diaryl/α,β-unsaturated/α-hetero) is 1. The van der Waals surface area contributed by atoms with Gasteiger partial charge in [0.25, 0.3) is 0 Å². The molecule has 0 saturated heterocycles. The predicted molar refractivity (Wildman–Crippen MR) is 85.2 cm³/mol. The van der Waals surface area contributed by atoms with Crippen molar-refractivity contribution in [1.82, 2.24) is 0 Å². The fraction of sp³-hybridized carbons (Fsp3) is 0.889. The van der Waals surface area contributed by atoms with E-state index in [4.69, 9.17) is 4.74 Å². The Labute approximate surface area is 129 Å². The molecular weight excluding hydrogens is 264 g/mol. The smallest absolute Gasteiger partial charge is 0.309 e. The molecule has 122 valence electrons. The Kier molecular flexibility index (Phi) is 10.2. The van der Waals surface area contributed by atoms with Crippen molar-refractivity contribution in [3.05, 3.63) is 0 Å². The second-order valence-electron chi connectivity index (χ2n) is 6.39. The predicted octanol–water partition coefficient (Wildman–Crippen LogP) is 4.82. The van der Waals surface area contributed by atoms with Crippen molar-refractivity contribution in [1.29, 1.82) is 0 Å². The van der Waals surface area contributed by atoms with Crippen LogP contribution in [0.3, 0.4) is 0 Å². The molecule has 0 aromatic heterocycles. The van der Waals surface area contributed by atoms with Crippen LogP contribution < -0.4 is 0 Å². The van der Waals surface area contributed by atoms with E-state index in [1.165, 1.54) is 58.5 Å². The normalized spacial score (nSPS) is 24.4. The van der Waals surface area contributed by atoms with Crippen LogP contribution in [0.1, 0.15) is 89.9 Å². The number of carbonyl (C=O) groups excluding carboxylic acids is 2. The average Bonchev–Trinajstić information content (AvgIpc) is 2.48. The van der Waals surface area contributed by atoms with Crippen molar-refractivity contribution in [2.75, 3.05) is 7.11 Å². The van der Waals surface area contributed by atoms with E-state index in [1.54, 1.807) is 0 Å². The van der Waals surface area contributed by atoms with Crippen LogP contribution in [0.2, 0.25) is 0 Å². The second kappa shape index (κ2) is 11.8. The molecule has 3 heteroatoms. The molecule has 1 rings (SSSR count). The van der Waals surface area contributed by atoms with E-state index in [0.717, 1.165) is 25.7 Å². The van der Waals surface area contributed by atoms with Crippen LogP contribution in [0.25, 0.3) is 0 Å². The van der Waals surface area contributed by atoms with Crippen molar-refractivity contribution >= 4 is 11.8 Å². The van der Waals surface area contributed by atoms with Gasteiger partial charge in [-0.25, -0.2) is 0 Å². The zero-order valence-corrected chi connectivity index (χ0v) is 13.7. The van der Waals surface area contributed by atoms with Crippen LogP contribution in [-0.4, -0.2) is 18.9 Å². The number of rotatable bonds is 1. The quantitative estimate of drug-likeness (QED) is 0.651. The summed E-state index contributed by atoms with van der Waals surface area (Å²) in [5.74, 6) is -0.183. The maximum Gasteiger partial charge on any atom is 0.309 e. The first-order valence-corrected chi connectivity index (χ1v) is 8.83. The van der Waals surface area contributed by atoms with Gasteiger partial charge in [-0.15, -0.1) is 0 Å². The monoisotopic (exact) mass is 296 g/mol. The molecule has 1 atom stereocenters. The van der Waals surface area contributed by atoms with E-state index < -0.39 is 0 Å². The molecule has 1 unspecified atom stereocenters. The van der Waals surface area contributed by atoms with Crippen LogP contribution in [-0.2, 0) is 14.3 Å². The lowest BCUT2D eigenvalue weighted by Crippen LogP contribution is -2.20. The lowest BCUT2D eigenvalue weighted by atomic mass is 9.93. The molecule has 0 heterocycles. The van der Waals surface area contributed by atoms with Crippen molar-refractivity contribution in [2.45, 2.75) is 89.9 Å². The molecule has 0 bridgehead atoms. The number of carbonyl (C=O) groups is 2. The highest BCUT2D eigenvalue weighted by molar-refractivity contribution is 5.84. The van der Waals surface area contributed by atoms with Gasteiger partial charge in [0.15, 0.2) is 0 Å². The lowest BCUT2D eigenvalue weighted by molar-refractivity contribution is -0.147. The van der Waals surface area contributed by atoms with Crippen LogP contribution in [0, 0.1) is 5.92 Å². The summed E-state index contributed by atoms with van der Waals surface area (Å²) in [6.45, 7) is 0. The Morgan fingerprint density at radius 3 is 1.86 bits per heavy atom. The summed E-state index contributed by atoms with van der Waals surface area (Å²) >= 11 is 0. The van der Waals surface area contributed by atoms with E-state index >= 15 is 0 Å². The molecule has 1 fully saturated rings. The zero-order chi connectivity index (χ0) is 15.3. The molecule has 1 aliphatic rings. The Morgan fingerprint density at radius 2 is 1.33 bits per heavy atom. The number of methoxy groups -OCH3 is 1. The van der Waals surface area contributed by atoms with Gasteiger partial charge in [0.05, 0.1) is 13.0 Å². The van der Waals surface area contributed by atoms with Crippen LogP contribution in [0.15, 0.2) is 0 Å². The maximum absolute atomic E-state index is 12.0. The Hall–Kier alpha value is -0.860. The third kappa shape index (κ3) is 8.90. The summed E-state index contributed by atoms with van der Waals surface area (Å²) in [5.41, 5.74) is 0. The second-order valence-corrected chi connectivity index (χ2v) is 6.39. The van der Waals surface area contributed by atoms with Gasteiger partial charge in [0, 0.05) is 12.8 Å². The fourth-order valence-electron chi connectivity index (χ4n) is 3.15. The van der Waals surface area contributed by atoms with Gasteiger partial charge >= 0.3 is 5.97 Å². The molecule has 0 aromatic rings. The minimum absolute atomic E-state index is 0.204. The molecule has 1 aliphatic carbocycles. The number of hydrogen-bond acceptors (Lipinski definition) is 3. The largest absolute Gasteiger partial charge is 0.469 e. The molecule has 21 heavy (non-hydrogen) atoms. The molecule has 0 N–H and O–H groups in total. The standard InChI is InChI=1S/C18H32O3/c1-21-18(20)16-13-11-9-7-5-3-2-4-6-8-10-12-14-17(19)15-16/h16H,2-15H2,1H3. The summed E-state index contributed by atoms with van der Waals surface area (Å²) in [7, 11) is 1.42. The minimum atomic E-state index is -0.213. The van der Waals surface area contributed by atoms with Gasteiger partial charge in [-0.2, -0.15) is 0 Å². The first-order valence-electron chi connectivity index (χ1n) is 8.83.